The molecular formula is C20H20Cl3FO3S2. The number of hydrogen-bond donors (Lipinski definition) is 0. The minimum atomic E-state index is -3.94. The SMILES string of the molecule is CC(C)(C(=O)CCCSCc1c(F)cccc1Cl)S(=O)(=O)c1ccc(Cl)c(Cl)c1. The van der Waals surface area contributed by atoms with Gasteiger partial charge in [0.25, 0.3) is 0 Å². The molecule has 2 aromatic rings. The van der Waals surface area contributed by atoms with Crippen molar-refractivity contribution in [1.29, 1.82) is 0 Å². The third-order valence-electron chi connectivity index (χ3n) is 4.55. The van der Waals surface area contributed by atoms with Crippen LogP contribution < -0.4 is 0 Å². The second-order valence-corrected chi connectivity index (χ2v) is 11.7. The second kappa shape index (κ2) is 10.0. The van der Waals surface area contributed by atoms with Crippen LogP contribution >= 0.6 is 46.6 Å². The van der Waals surface area contributed by atoms with Gasteiger partial charge in [-0.05, 0) is 56.4 Å². The lowest BCUT2D eigenvalue weighted by molar-refractivity contribution is -0.120. The molecule has 0 aliphatic carbocycles. The molecule has 3 nitrogen and oxygen atoms in total. The smallest absolute Gasteiger partial charge is 0.190 e. The van der Waals surface area contributed by atoms with Crippen molar-refractivity contribution in [1.82, 2.24) is 0 Å². The average Bonchev–Trinajstić information content (AvgIpc) is 2.65. The maximum Gasteiger partial charge on any atom is 0.190 e. The Hall–Kier alpha value is -0.790. The molecule has 0 N–H and O–H groups in total. The highest BCUT2D eigenvalue weighted by atomic mass is 35.5. The number of sulfone groups is 1. The van der Waals surface area contributed by atoms with Gasteiger partial charge in [0.1, 0.15) is 10.6 Å². The molecule has 9 heteroatoms. The first-order chi connectivity index (χ1) is 13.5. The Morgan fingerprint density at radius 2 is 1.76 bits per heavy atom. The number of ketones is 1. The van der Waals surface area contributed by atoms with E-state index in [1.807, 2.05) is 0 Å². The van der Waals surface area contributed by atoms with E-state index in [0.717, 1.165) is 0 Å². The standard InChI is InChI=1S/C20H20Cl3FO3S2/c1-20(2,29(26,27)13-8-9-16(22)17(23)11-13)19(25)7-4-10-28-12-14-15(21)5-3-6-18(14)24/h3,5-6,8-9,11H,4,7,10,12H2,1-2H3. The van der Waals surface area contributed by atoms with Gasteiger partial charge in [0.15, 0.2) is 15.6 Å². The summed E-state index contributed by atoms with van der Waals surface area (Å²) in [5.41, 5.74) is 0.424. The van der Waals surface area contributed by atoms with Crippen LogP contribution in [0.5, 0.6) is 0 Å². The monoisotopic (exact) mass is 496 g/mol. The van der Waals surface area contributed by atoms with Crippen molar-refractivity contribution in [3.8, 4) is 0 Å². The van der Waals surface area contributed by atoms with E-state index in [-0.39, 0.29) is 27.2 Å². The van der Waals surface area contributed by atoms with Crippen LogP contribution in [0.1, 0.15) is 32.3 Å². The predicted molar refractivity (Wildman–Crippen MR) is 120 cm³/mol. The van der Waals surface area contributed by atoms with Crippen LogP contribution in [0.25, 0.3) is 0 Å². The molecule has 0 saturated carbocycles. The summed E-state index contributed by atoms with van der Waals surface area (Å²) < 4.78 is 38.0. The summed E-state index contributed by atoms with van der Waals surface area (Å²) in [4.78, 5) is 12.6. The molecule has 0 saturated heterocycles. The fourth-order valence-electron chi connectivity index (χ4n) is 2.57. The van der Waals surface area contributed by atoms with Crippen molar-refractivity contribution in [2.45, 2.75) is 42.1 Å². The first kappa shape index (κ1) is 24.5. The Morgan fingerprint density at radius 3 is 2.38 bits per heavy atom. The lowest BCUT2D eigenvalue weighted by Gasteiger charge is -2.23. The van der Waals surface area contributed by atoms with Gasteiger partial charge in [-0.25, -0.2) is 12.8 Å². The van der Waals surface area contributed by atoms with E-state index in [4.69, 9.17) is 34.8 Å². The van der Waals surface area contributed by atoms with Gasteiger partial charge < -0.3 is 0 Å². The molecule has 0 aliphatic heterocycles. The van der Waals surface area contributed by atoms with Crippen LogP contribution in [-0.2, 0) is 20.4 Å². The summed E-state index contributed by atoms with van der Waals surface area (Å²) in [6.45, 7) is 2.78. The van der Waals surface area contributed by atoms with Gasteiger partial charge >= 0.3 is 0 Å². The normalized spacial score (nSPS) is 12.2. The van der Waals surface area contributed by atoms with Gasteiger partial charge in [-0.2, -0.15) is 11.8 Å². The van der Waals surface area contributed by atoms with Crippen molar-refractivity contribution in [3.63, 3.8) is 0 Å². The molecular weight excluding hydrogens is 478 g/mol. The Balaban J connectivity index is 1.95. The number of thioether (sulfide) groups is 1. The van der Waals surface area contributed by atoms with Gasteiger partial charge in [-0.15, -0.1) is 0 Å². The Kier molecular flexibility index (Phi) is 8.45. The second-order valence-electron chi connectivity index (χ2n) is 6.87. The van der Waals surface area contributed by atoms with Gasteiger partial charge in [0.05, 0.1) is 14.9 Å². The minimum absolute atomic E-state index is 0.0474. The molecule has 0 bridgehead atoms. The van der Waals surface area contributed by atoms with Crippen LogP contribution in [0, 0.1) is 5.82 Å². The topological polar surface area (TPSA) is 51.2 Å². The van der Waals surface area contributed by atoms with Crippen molar-refractivity contribution >= 4 is 62.2 Å². The number of rotatable bonds is 9. The first-order valence-electron chi connectivity index (χ1n) is 8.72. The lowest BCUT2D eigenvalue weighted by Crippen LogP contribution is -2.40. The zero-order chi connectivity index (χ0) is 21.8. The van der Waals surface area contributed by atoms with E-state index in [0.29, 0.717) is 28.5 Å². The Bertz CT molecular complexity index is 988. The molecule has 0 unspecified atom stereocenters. The summed E-state index contributed by atoms with van der Waals surface area (Å²) in [6, 6.07) is 8.50. The van der Waals surface area contributed by atoms with Crippen molar-refractivity contribution < 1.29 is 17.6 Å². The van der Waals surface area contributed by atoms with Crippen LogP contribution in [0.3, 0.4) is 0 Å². The number of hydrogen-bond acceptors (Lipinski definition) is 4. The quantitative estimate of drug-likeness (QED) is 0.365. The van der Waals surface area contributed by atoms with Gasteiger partial charge in [-0.3, -0.25) is 4.79 Å². The van der Waals surface area contributed by atoms with Gasteiger partial charge in [-0.1, -0.05) is 40.9 Å². The minimum Gasteiger partial charge on any atom is -0.298 e. The van der Waals surface area contributed by atoms with Crippen LogP contribution in [0.15, 0.2) is 41.3 Å². The highest BCUT2D eigenvalue weighted by Crippen LogP contribution is 2.32. The summed E-state index contributed by atoms with van der Waals surface area (Å²) >= 11 is 19.2. The Morgan fingerprint density at radius 1 is 1.07 bits per heavy atom. The fraction of sp³-hybridized carbons (Fsp3) is 0.350. The molecule has 0 fully saturated rings. The summed E-state index contributed by atoms with van der Waals surface area (Å²) in [7, 11) is -3.94. The molecule has 2 rings (SSSR count). The van der Waals surface area contributed by atoms with E-state index >= 15 is 0 Å². The number of carbonyl (C=O) groups is 1. The molecule has 0 amide bonds. The Labute approximate surface area is 189 Å². The van der Waals surface area contributed by atoms with Crippen molar-refractivity contribution in [3.05, 3.63) is 62.8 Å². The van der Waals surface area contributed by atoms with E-state index < -0.39 is 20.4 Å². The van der Waals surface area contributed by atoms with Crippen LogP contribution in [0.4, 0.5) is 4.39 Å². The highest BCUT2D eigenvalue weighted by Gasteiger charge is 2.42. The molecule has 0 atom stereocenters. The molecule has 158 valence electrons. The molecule has 0 radical (unpaired) electrons. The molecule has 29 heavy (non-hydrogen) atoms. The third-order valence-corrected chi connectivity index (χ3v) is 9.15. The third kappa shape index (κ3) is 5.67. The number of carbonyl (C=O) groups excluding carboxylic acids is 1. The first-order valence-corrected chi connectivity index (χ1v) is 12.5. The van der Waals surface area contributed by atoms with E-state index in [9.17, 15) is 17.6 Å². The number of halogens is 4. The summed E-state index contributed by atoms with van der Waals surface area (Å²) in [5.74, 6) is 0.187. The summed E-state index contributed by atoms with van der Waals surface area (Å²) in [5, 5.41) is 0.711. The van der Waals surface area contributed by atoms with Crippen molar-refractivity contribution in [2.75, 3.05) is 5.75 Å². The van der Waals surface area contributed by atoms with Gasteiger partial charge in [0, 0.05) is 22.8 Å². The average molecular weight is 498 g/mol. The largest absolute Gasteiger partial charge is 0.298 e. The fourth-order valence-corrected chi connectivity index (χ4v) is 5.74. The molecule has 0 aliphatic rings. The number of Topliss-reactive ketones (excluding diaryl/α,β-unsaturated/α-hetero) is 1. The van der Waals surface area contributed by atoms with E-state index in [1.54, 1.807) is 12.1 Å². The van der Waals surface area contributed by atoms with E-state index in [2.05, 4.69) is 0 Å². The highest BCUT2D eigenvalue weighted by molar-refractivity contribution is 7.98. The summed E-state index contributed by atoms with van der Waals surface area (Å²) in [6.07, 6.45) is 0.557. The van der Waals surface area contributed by atoms with Crippen LogP contribution in [-0.4, -0.2) is 24.7 Å². The molecule has 0 aromatic heterocycles. The zero-order valence-electron chi connectivity index (χ0n) is 15.8. The maximum absolute atomic E-state index is 13.8. The van der Waals surface area contributed by atoms with Crippen LogP contribution in [0.2, 0.25) is 15.1 Å². The molecule has 0 heterocycles. The predicted octanol–water partition coefficient (Wildman–Crippen LogP) is 6.62. The molecule has 2 aromatic carbocycles. The van der Waals surface area contributed by atoms with Gasteiger partial charge in [0.2, 0.25) is 0 Å². The number of benzene rings is 2. The molecule has 0 spiro atoms. The zero-order valence-corrected chi connectivity index (χ0v) is 19.7. The van der Waals surface area contributed by atoms with E-state index in [1.165, 1.54) is 49.9 Å². The lowest BCUT2D eigenvalue weighted by atomic mass is 10.0. The maximum atomic E-state index is 13.8. The van der Waals surface area contributed by atoms with Crippen molar-refractivity contribution in [2.24, 2.45) is 0 Å².